The summed E-state index contributed by atoms with van der Waals surface area (Å²) in [5.74, 6) is -0.518. The lowest BCUT2D eigenvalue weighted by molar-refractivity contribution is -0.140. The number of halogens is 1. The maximum atomic E-state index is 12.7. The molecular weight excluding hydrogens is 342 g/mol. The Morgan fingerprint density at radius 1 is 1.40 bits per heavy atom. The number of nitrogens with zero attached hydrogens (tertiary/aromatic N) is 1. The minimum Gasteiger partial charge on any atom is -0.480 e. The van der Waals surface area contributed by atoms with E-state index < -0.39 is 22.0 Å². The van der Waals surface area contributed by atoms with E-state index in [0.29, 0.717) is 10.1 Å². The van der Waals surface area contributed by atoms with Crippen molar-refractivity contribution in [1.82, 2.24) is 4.31 Å². The molecule has 0 amide bonds. The van der Waals surface area contributed by atoms with Crippen molar-refractivity contribution in [3.63, 3.8) is 0 Å². The van der Waals surface area contributed by atoms with Gasteiger partial charge in [-0.3, -0.25) is 4.79 Å². The van der Waals surface area contributed by atoms with E-state index in [1.165, 1.54) is 28.2 Å². The minimum atomic E-state index is -3.80. The second-order valence-electron chi connectivity index (χ2n) is 4.81. The number of hydrogen-bond acceptors (Lipinski definition) is 5. The van der Waals surface area contributed by atoms with Crippen LogP contribution in [0, 0.1) is 5.92 Å². The summed E-state index contributed by atoms with van der Waals surface area (Å²) < 4.78 is 27.1. The number of thioether (sulfide) groups is 1. The number of carboxylic acid groups (broad SMARTS) is 1. The van der Waals surface area contributed by atoms with E-state index in [1.54, 1.807) is 0 Å². The van der Waals surface area contributed by atoms with Crippen molar-refractivity contribution in [2.24, 2.45) is 5.92 Å². The third-order valence-electron chi connectivity index (χ3n) is 3.37. The van der Waals surface area contributed by atoms with Crippen LogP contribution in [0.1, 0.15) is 12.8 Å². The van der Waals surface area contributed by atoms with Gasteiger partial charge < -0.3 is 5.11 Å². The molecule has 2 atom stereocenters. The standard InChI is InChI=1S/C11H12ClNO4S3/c12-8-3-4-9(19-8)20(16,17)13-7(11(14)15)5-18-10(13)6-1-2-6/h3-4,6-7,10H,1-2,5H2,(H,14,15). The molecular formula is C11H12ClNO4S3. The molecule has 1 aliphatic carbocycles. The first-order chi connectivity index (χ1) is 9.41. The molecule has 9 heteroatoms. The van der Waals surface area contributed by atoms with Crippen molar-refractivity contribution in [3.05, 3.63) is 16.5 Å². The molecule has 2 fully saturated rings. The van der Waals surface area contributed by atoms with Crippen LogP contribution in [0.25, 0.3) is 0 Å². The Hall–Kier alpha value is -0.280. The van der Waals surface area contributed by atoms with Crippen LogP contribution in [0.4, 0.5) is 0 Å². The van der Waals surface area contributed by atoms with Crippen LogP contribution in [-0.2, 0) is 14.8 Å². The van der Waals surface area contributed by atoms with E-state index in [9.17, 15) is 18.3 Å². The van der Waals surface area contributed by atoms with Gasteiger partial charge >= 0.3 is 5.97 Å². The fraction of sp³-hybridized carbons (Fsp3) is 0.545. The summed E-state index contributed by atoms with van der Waals surface area (Å²) in [6.07, 6.45) is 1.92. The predicted molar refractivity (Wildman–Crippen MR) is 78.7 cm³/mol. The molecule has 1 aromatic rings. The van der Waals surface area contributed by atoms with Gasteiger partial charge in [-0.25, -0.2) is 8.42 Å². The van der Waals surface area contributed by atoms with E-state index >= 15 is 0 Å². The van der Waals surface area contributed by atoms with Crippen LogP contribution in [0.5, 0.6) is 0 Å². The predicted octanol–water partition coefficient (Wildman–Crippen LogP) is 2.33. The first kappa shape index (κ1) is 14.6. The largest absolute Gasteiger partial charge is 0.480 e. The van der Waals surface area contributed by atoms with Gasteiger partial charge in [-0.1, -0.05) is 11.6 Å². The summed E-state index contributed by atoms with van der Waals surface area (Å²) in [5, 5.41) is 9.01. The molecule has 5 nitrogen and oxygen atoms in total. The topological polar surface area (TPSA) is 74.7 Å². The number of sulfonamides is 1. The van der Waals surface area contributed by atoms with Crippen LogP contribution in [0.15, 0.2) is 16.3 Å². The average Bonchev–Trinajstić information content (AvgIpc) is 2.95. The van der Waals surface area contributed by atoms with Crippen LogP contribution in [0.3, 0.4) is 0 Å². The third kappa shape index (κ3) is 2.48. The fourth-order valence-electron chi connectivity index (χ4n) is 2.26. The highest BCUT2D eigenvalue weighted by Gasteiger charge is 2.51. The van der Waals surface area contributed by atoms with Gasteiger partial charge in [-0.15, -0.1) is 23.1 Å². The van der Waals surface area contributed by atoms with Crippen LogP contribution in [0.2, 0.25) is 4.34 Å². The first-order valence-electron chi connectivity index (χ1n) is 6.04. The van der Waals surface area contributed by atoms with Gasteiger partial charge in [0, 0.05) is 5.75 Å². The summed E-state index contributed by atoms with van der Waals surface area (Å²) in [4.78, 5) is 11.3. The molecule has 1 aromatic heterocycles. The zero-order valence-electron chi connectivity index (χ0n) is 10.2. The molecule has 1 saturated heterocycles. The van der Waals surface area contributed by atoms with Gasteiger partial charge in [-0.2, -0.15) is 4.31 Å². The normalized spacial score (nSPS) is 27.9. The summed E-state index contributed by atoms with van der Waals surface area (Å²) in [6, 6.07) is 1.97. The Balaban J connectivity index is 2.00. The van der Waals surface area contributed by atoms with Crippen molar-refractivity contribution in [2.45, 2.75) is 28.5 Å². The van der Waals surface area contributed by atoms with E-state index in [-0.39, 0.29) is 15.5 Å². The second-order valence-corrected chi connectivity index (χ2v) is 9.74. The molecule has 110 valence electrons. The number of thiophene rings is 1. The van der Waals surface area contributed by atoms with Crippen molar-refractivity contribution < 1.29 is 18.3 Å². The number of carbonyl (C=O) groups is 1. The molecule has 0 aromatic carbocycles. The van der Waals surface area contributed by atoms with Crippen molar-refractivity contribution in [1.29, 1.82) is 0 Å². The van der Waals surface area contributed by atoms with E-state index in [0.717, 1.165) is 24.2 Å². The monoisotopic (exact) mass is 353 g/mol. The highest BCUT2D eigenvalue weighted by atomic mass is 35.5. The fourth-order valence-corrected chi connectivity index (χ4v) is 7.66. The lowest BCUT2D eigenvalue weighted by Gasteiger charge is -2.25. The maximum absolute atomic E-state index is 12.7. The Morgan fingerprint density at radius 3 is 2.60 bits per heavy atom. The first-order valence-corrected chi connectivity index (χ1v) is 9.73. The molecule has 1 saturated carbocycles. The van der Waals surface area contributed by atoms with Gasteiger partial charge in [0.1, 0.15) is 10.3 Å². The zero-order valence-corrected chi connectivity index (χ0v) is 13.4. The number of carboxylic acids is 1. The van der Waals surface area contributed by atoms with Crippen molar-refractivity contribution in [3.8, 4) is 0 Å². The van der Waals surface area contributed by atoms with Crippen LogP contribution >= 0.6 is 34.7 Å². The number of rotatable bonds is 4. The van der Waals surface area contributed by atoms with E-state index in [4.69, 9.17) is 11.6 Å². The number of aliphatic carboxylic acids is 1. The summed E-state index contributed by atoms with van der Waals surface area (Å²) in [5.41, 5.74) is 0. The van der Waals surface area contributed by atoms with Crippen LogP contribution in [-0.4, -0.2) is 41.0 Å². The molecule has 0 radical (unpaired) electrons. The van der Waals surface area contributed by atoms with Gasteiger partial charge in [0.05, 0.1) is 9.71 Å². The number of hydrogen-bond donors (Lipinski definition) is 1. The van der Waals surface area contributed by atoms with E-state index in [2.05, 4.69) is 0 Å². The second kappa shape index (κ2) is 5.17. The molecule has 0 spiro atoms. The maximum Gasteiger partial charge on any atom is 0.322 e. The SMILES string of the molecule is O=C(O)C1CSC(C2CC2)N1S(=O)(=O)c1ccc(Cl)s1. The lowest BCUT2D eigenvalue weighted by Crippen LogP contribution is -2.45. The summed E-state index contributed by atoms with van der Waals surface area (Å²) in [6.45, 7) is 0. The molecule has 0 bridgehead atoms. The van der Waals surface area contributed by atoms with Gasteiger partial charge in [-0.05, 0) is 30.9 Å². The molecule has 2 heterocycles. The van der Waals surface area contributed by atoms with Crippen LogP contribution < -0.4 is 0 Å². The third-order valence-corrected chi connectivity index (χ3v) is 8.56. The quantitative estimate of drug-likeness (QED) is 0.899. The molecule has 2 unspecified atom stereocenters. The molecule has 1 aliphatic heterocycles. The summed E-state index contributed by atoms with van der Waals surface area (Å²) in [7, 11) is -3.80. The lowest BCUT2D eigenvalue weighted by atomic mass is 10.3. The molecule has 20 heavy (non-hydrogen) atoms. The molecule has 1 N–H and O–H groups in total. The highest BCUT2D eigenvalue weighted by molar-refractivity contribution is 8.01. The Morgan fingerprint density at radius 2 is 2.10 bits per heavy atom. The van der Waals surface area contributed by atoms with Gasteiger partial charge in [0.15, 0.2) is 0 Å². The Labute approximate surface area is 130 Å². The van der Waals surface area contributed by atoms with Gasteiger partial charge in [0.25, 0.3) is 10.0 Å². The smallest absolute Gasteiger partial charge is 0.322 e. The van der Waals surface area contributed by atoms with Crippen molar-refractivity contribution in [2.75, 3.05) is 5.75 Å². The summed E-state index contributed by atoms with van der Waals surface area (Å²) >= 11 is 8.18. The Kier molecular flexibility index (Phi) is 3.79. The van der Waals surface area contributed by atoms with Gasteiger partial charge in [0.2, 0.25) is 0 Å². The highest BCUT2D eigenvalue weighted by Crippen LogP contribution is 2.48. The minimum absolute atomic E-state index is 0.113. The average molecular weight is 354 g/mol. The van der Waals surface area contributed by atoms with E-state index in [1.807, 2.05) is 0 Å². The molecule has 3 rings (SSSR count). The molecule has 2 aliphatic rings. The van der Waals surface area contributed by atoms with Crippen molar-refractivity contribution >= 4 is 50.7 Å². The zero-order chi connectivity index (χ0) is 14.5. The Bertz CT molecular complexity index is 640.